The van der Waals surface area contributed by atoms with Crippen molar-refractivity contribution in [1.82, 2.24) is 19.4 Å². The SMILES string of the molecule is C1=CNC(c2ccccc2-c2ccc3c(c2)c2c(n3-c3cc(-n4c5c(c6cc(-c7ccccc7-c7ccccn7)ccc64)NCC=C5)cc4c3oc3ccccc34)C=CCN2)C=C1. The summed E-state index contributed by atoms with van der Waals surface area (Å²) in [6.07, 6.45) is 19.2. The second-order valence-corrected chi connectivity index (χ2v) is 16.4. The smallest absolute Gasteiger partial charge is 0.159 e. The molecular weight excluding hydrogens is 773 g/mol. The molecule has 13 rings (SSSR count). The number of anilines is 2. The van der Waals surface area contributed by atoms with Crippen molar-refractivity contribution >= 4 is 67.3 Å². The molecule has 6 aromatic carbocycles. The van der Waals surface area contributed by atoms with E-state index in [1.807, 2.05) is 30.6 Å². The van der Waals surface area contributed by atoms with Crippen LogP contribution in [0.2, 0.25) is 0 Å². The van der Waals surface area contributed by atoms with Crippen LogP contribution in [-0.2, 0) is 0 Å². The highest BCUT2D eigenvalue weighted by Crippen LogP contribution is 2.46. The van der Waals surface area contributed by atoms with E-state index in [0.717, 1.165) is 108 Å². The minimum absolute atomic E-state index is 0.0973. The van der Waals surface area contributed by atoms with Gasteiger partial charge in [-0.2, -0.15) is 0 Å². The number of rotatable bonds is 6. The minimum atomic E-state index is 0.0973. The van der Waals surface area contributed by atoms with Crippen LogP contribution in [0.5, 0.6) is 0 Å². The van der Waals surface area contributed by atoms with Gasteiger partial charge in [0.15, 0.2) is 5.58 Å². The third kappa shape index (κ3) is 5.56. The lowest BCUT2D eigenvalue weighted by molar-refractivity contribution is 0.665. The van der Waals surface area contributed by atoms with Gasteiger partial charge in [-0.25, -0.2) is 0 Å². The Labute approximate surface area is 363 Å². The maximum absolute atomic E-state index is 6.88. The zero-order valence-corrected chi connectivity index (χ0v) is 34.2. The normalized spacial score (nSPS) is 15.1. The maximum atomic E-state index is 6.88. The molecule has 300 valence electrons. The Hall–Kier alpha value is -8.29. The van der Waals surface area contributed by atoms with Gasteiger partial charge in [-0.3, -0.25) is 4.98 Å². The molecule has 0 spiro atoms. The third-order valence-electron chi connectivity index (χ3n) is 12.9. The van der Waals surface area contributed by atoms with Crippen molar-refractivity contribution < 1.29 is 4.42 Å². The lowest BCUT2D eigenvalue weighted by atomic mass is 9.93. The van der Waals surface area contributed by atoms with Gasteiger partial charge in [-0.15, -0.1) is 0 Å². The van der Waals surface area contributed by atoms with Gasteiger partial charge in [-0.1, -0.05) is 109 Å². The Morgan fingerprint density at radius 3 is 2.02 bits per heavy atom. The molecule has 7 nitrogen and oxygen atoms in total. The molecule has 0 radical (unpaired) electrons. The highest BCUT2D eigenvalue weighted by atomic mass is 16.3. The van der Waals surface area contributed by atoms with Crippen LogP contribution >= 0.6 is 0 Å². The van der Waals surface area contributed by atoms with E-state index in [9.17, 15) is 0 Å². The first kappa shape index (κ1) is 35.5. The molecule has 0 aliphatic carbocycles. The van der Waals surface area contributed by atoms with E-state index in [2.05, 4.69) is 189 Å². The van der Waals surface area contributed by atoms with Crippen molar-refractivity contribution in [3.8, 4) is 44.9 Å². The second-order valence-electron chi connectivity index (χ2n) is 16.4. The summed E-state index contributed by atoms with van der Waals surface area (Å²) in [5.74, 6) is 0. The van der Waals surface area contributed by atoms with Crippen molar-refractivity contribution in [2.45, 2.75) is 6.04 Å². The van der Waals surface area contributed by atoms with Crippen LogP contribution in [-0.4, -0.2) is 27.2 Å². The van der Waals surface area contributed by atoms with Crippen molar-refractivity contribution in [3.05, 3.63) is 199 Å². The van der Waals surface area contributed by atoms with Gasteiger partial charge in [0.1, 0.15) is 5.58 Å². The lowest BCUT2D eigenvalue weighted by Gasteiger charge is -2.20. The number of furan rings is 1. The molecule has 1 atom stereocenters. The summed E-state index contributed by atoms with van der Waals surface area (Å²) in [6.45, 7) is 1.51. The molecule has 10 aromatic rings. The average molecular weight is 813 g/mol. The van der Waals surface area contributed by atoms with Gasteiger partial charge in [-0.05, 0) is 107 Å². The van der Waals surface area contributed by atoms with Gasteiger partial charge < -0.3 is 29.5 Å². The summed E-state index contributed by atoms with van der Waals surface area (Å²) < 4.78 is 11.7. The quantitative estimate of drug-likeness (QED) is 0.156. The number of nitrogens with one attached hydrogen (secondary N) is 3. The van der Waals surface area contributed by atoms with Crippen molar-refractivity contribution in [3.63, 3.8) is 0 Å². The molecule has 0 bridgehead atoms. The molecule has 63 heavy (non-hydrogen) atoms. The van der Waals surface area contributed by atoms with E-state index in [-0.39, 0.29) is 6.04 Å². The Bertz CT molecular complexity index is 3620. The molecule has 3 aliphatic heterocycles. The van der Waals surface area contributed by atoms with E-state index in [0.29, 0.717) is 0 Å². The Kier molecular flexibility index (Phi) is 7.96. The van der Waals surface area contributed by atoms with Crippen LogP contribution in [0.4, 0.5) is 11.4 Å². The van der Waals surface area contributed by atoms with Crippen LogP contribution in [0.15, 0.2) is 187 Å². The Morgan fingerprint density at radius 1 is 0.571 bits per heavy atom. The zero-order chi connectivity index (χ0) is 41.4. The molecule has 4 aromatic heterocycles. The lowest BCUT2D eigenvalue weighted by Crippen LogP contribution is -2.15. The summed E-state index contributed by atoms with van der Waals surface area (Å²) in [5.41, 5.74) is 18.4. The average Bonchev–Trinajstić information content (AvgIpc) is 4.01. The van der Waals surface area contributed by atoms with E-state index in [4.69, 9.17) is 9.40 Å². The topological polar surface area (TPSA) is 72.0 Å². The van der Waals surface area contributed by atoms with Crippen molar-refractivity contribution in [2.75, 3.05) is 23.7 Å². The summed E-state index contributed by atoms with van der Waals surface area (Å²) >= 11 is 0. The number of allylic oxidation sites excluding steroid dienone is 2. The zero-order valence-electron chi connectivity index (χ0n) is 34.2. The number of dihydropyridines is 1. The molecule has 3 N–H and O–H groups in total. The largest absolute Gasteiger partial charge is 0.454 e. The van der Waals surface area contributed by atoms with Crippen LogP contribution in [0.25, 0.3) is 101 Å². The molecule has 7 heteroatoms. The standard InChI is InChI=1S/C56H40N6O/c1-3-15-40(46-18-7-9-27-57-46)38(13-1)35-23-25-48-44(31-35)54-50(20-11-29-59-54)61(48)37-33-43-42-17-5-6-22-53(42)63-56(43)52(34-37)62-49-26-24-36(32-45(49)55-51(62)21-12-30-60-55)39-14-2-4-16-41(39)47-19-8-10-28-58-47/h1-28,31-34,47,58-60H,29-30H2. The highest BCUT2D eigenvalue weighted by Gasteiger charge is 2.26. The number of pyridine rings is 1. The fourth-order valence-electron chi connectivity index (χ4n) is 10.1. The Balaban J connectivity index is 1.04. The summed E-state index contributed by atoms with van der Waals surface area (Å²) in [5, 5.41) is 15.6. The van der Waals surface area contributed by atoms with Gasteiger partial charge >= 0.3 is 0 Å². The van der Waals surface area contributed by atoms with Crippen molar-refractivity contribution in [1.29, 1.82) is 0 Å². The number of nitrogens with zero attached hydrogens (tertiary/aromatic N) is 3. The second kappa shape index (κ2) is 14.1. The molecule has 7 heterocycles. The van der Waals surface area contributed by atoms with Gasteiger partial charge in [0.25, 0.3) is 0 Å². The molecule has 0 amide bonds. The number of fused-ring (bicyclic) bond motifs is 9. The minimum Gasteiger partial charge on any atom is -0.454 e. The highest BCUT2D eigenvalue weighted by molar-refractivity contribution is 6.11. The monoisotopic (exact) mass is 812 g/mol. The first-order valence-electron chi connectivity index (χ1n) is 21.6. The predicted octanol–water partition coefficient (Wildman–Crippen LogP) is 13.5. The van der Waals surface area contributed by atoms with E-state index < -0.39 is 0 Å². The van der Waals surface area contributed by atoms with E-state index in [1.165, 1.54) is 22.1 Å². The van der Waals surface area contributed by atoms with E-state index in [1.54, 1.807) is 0 Å². The summed E-state index contributed by atoms with van der Waals surface area (Å²) in [6, 6.07) is 50.2. The van der Waals surface area contributed by atoms with Gasteiger partial charge in [0, 0.05) is 52.1 Å². The molecule has 0 fully saturated rings. The number of para-hydroxylation sites is 1. The number of benzene rings is 6. The maximum Gasteiger partial charge on any atom is 0.159 e. The summed E-state index contributed by atoms with van der Waals surface area (Å²) in [7, 11) is 0. The van der Waals surface area contributed by atoms with Crippen LogP contribution in [0.1, 0.15) is 23.0 Å². The van der Waals surface area contributed by atoms with E-state index >= 15 is 0 Å². The molecule has 0 saturated heterocycles. The number of hydrogen-bond donors (Lipinski definition) is 3. The Morgan fingerprint density at radius 2 is 1.25 bits per heavy atom. The van der Waals surface area contributed by atoms with Crippen LogP contribution in [0.3, 0.4) is 0 Å². The first-order chi connectivity index (χ1) is 31.3. The third-order valence-corrected chi connectivity index (χ3v) is 12.9. The molecule has 0 saturated carbocycles. The van der Waals surface area contributed by atoms with Crippen LogP contribution < -0.4 is 16.0 Å². The van der Waals surface area contributed by atoms with Crippen molar-refractivity contribution in [2.24, 2.45) is 0 Å². The molecule has 1 unspecified atom stereocenters. The number of hydrogen-bond acceptors (Lipinski definition) is 5. The summed E-state index contributed by atoms with van der Waals surface area (Å²) in [4.78, 5) is 4.72. The molecule has 3 aliphatic rings. The fraction of sp³-hybridized carbons (Fsp3) is 0.0536. The van der Waals surface area contributed by atoms with Gasteiger partial charge in [0.2, 0.25) is 0 Å². The van der Waals surface area contributed by atoms with Crippen LogP contribution in [0, 0.1) is 0 Å². The number of aromatic nitrogens is 3. The fourth-order valence-corrected chi connectivity index (χ4v) is 10.1. The predicted molar refractivity (Wildman–Crippen MR) is 261 cm³/mol. The van der Waals surface area contributed by atoms with Gasteiger partial charge in [0.05, 0.1) is 51.2 Å². The molecular formula is C56H40N6O. The first-order valence-corrected chi connectivity index (χ1v) is 21.6.